The van der Waals surface area contributed by atoms with Gasteiger partial charge in [-0.15, -0.1) is 0 Å². The van der Waals surface area contributed by atoms with Crippen LogP contribution in [0.25, 0.3) is 0 Å². The summed E-state index contributed by atoms with van der Waals surface area (Å²) in [5.41, 5.74) is 3.36. The van der Waals surface area contributed by atoms with Gasteiger partial charge in [-0.25, -0.2) is 0 Å². The molecule has 0 aromatic heterocycles. The molecule has 1 aliphatic rings. The van der Waals surface area contributed by atoms with Crippen molar-refractivity contribution in [3.05, 3.63) is 29.3 Å². The van der Waals surface area contributed by atoms with E-state index in [1.54, 1.807) is 11.9 Å². The Labute approximate surface area is 112 Å². The number of benzene rings is 1. The van der Waals surface area contributed by atoms with Crippen molar-refractivity contribution in [3.8, 4) is 0 Å². The molecule has 0 aliphatic carbocycles. The number of hydrogen-bond donors (Lipinski definition) is 2. The average Bonchev–Trinajstić information content (AvgIpc) is 2.33. The second-order valence-electron chi connectivity index (χ2n) is 4.40. The number of anilines is 1. The highest BCUT2D eigenvalue weighted by Crippen LogP contribution is 2.27. The summed E-state index contributed by atoms with van der Waals surface area (Å²) in [4.78, 5) is 23.9. The molecule has 0 saturated heterocycles. The van der Waals surface area contributed by atoms with Crippen LogP contribution in [-0.4, -0.2) is 24.7 Å². The van der Waals surface area contributed by atoms with Crippen LogP contribution in [-0.2, 0) is 17.6 Å². The lowest BCUT2D eigenvalue weighted by Crippen LogP contribution is -2.31. The van der Waals surface area contributed by atoms with E-state index in [4.69, 9.17) is 0 Å². The summed E-state index contributed by atoms with van der Waals surface area (Å²) in [7, 11) is 1.81. The zero-order chi connectivity index (χ0) is 13.1. The van der Waals surface area contributed by atoms with Crippen LogP contribution in [0.4, 0.5) is 10.5 Å². The highest BCUT2D eigenvalue weighted by molar-refractivity contribution is 7.96. The molecule has 0 fully saturated rings. The Morgan fingerprint density at radius 3 is 2.94 bits per heavy atom. The lowest BCUT2D eigenvalue weighted by molar-refractivity contribution is -0.118. The summed E-state index contributed by atoms with van der Waals surface area (Å²) >= 11 is 3.65. The fourth-order valence-corrected chi connectivity index (χ4v) is 2.29. The molecule has 1 aromatic rings. The predicted octanol–water partition coefficient (Wildman–Crippen LogP) is 1.78. The third-order valence-electron chi connectivity index (χ3n) is 3.18. The van der Waals surface area contributed by atoms with Crippen LogP contribution in [0.3, 0.4) is 0 Å². The maximum atomic E-state index is 11.6. The number of thiol groups is 1. The van der Waals surface area contributed by atoms with Gasteiger partial charge in [0.15, 0.2) is 0 Å². The van der Waals surface area contributed by atoms with Gasteiger partial charge in [-0.05, 0) is 30.0 Å². The molecule has 2 amide bonds. The van der Waals surface area contributed by atoms with Crippen molar-refractivity contribution in [2.45, 2.75) is 19.3 Å². The van der Waals surface area contributed by atoms with Gasteiger partial charge in [-0.3, -0.25) is 9.59 Å². The van der Waals surface area contributed by atoms with Gasteiger partial charge in [0.2, 0.25) is 5.91 Å². The Bertz CT molecular complexity index is 488. The maximum absolute atomic E-state index is 11.6. The van der Waals surface area contributed by atoms with E-state index in [1.165, 1.54) is 11.1 Å². The van der Waals surface area contributed by atoms with Crippen LogP contribution in [0.2, 0.25) is 0 Å². The van der Waals surface area contributed by atoms with Gasteiger partial charge < -0.3 is 10.2 Å². The fraction of sp³-hybridized carbons (Fsp3) is 0.385. The van der Waals surface area contributed by atoms with Gasteiger partial charge in [0.25, 0.3) is 5.24 Å². The van der Waals surface area contributed by atoms with E-state index in [0.717, 1.165) is 18.5 Å². The van der Waals surface area contributed by atoms with Gasteiger partial charge in [-0.1, -0.05) is 24.8 Å². The van der Waals surface area contributed by atoms with Gasteiger partial charge in [0.05, 0.1) is 0 Å². The minimum Gasteiger partial charge on any atom is -0.347 e. The number of aryl methyl sites for hydroxylation is 1. The molecular formula is C13H16N2O2S. The van der Waals surface area contributed by atoms with Crippen molar-refractivity contribution in [2.24, 2.45) is 0 Å². The maximum Gasteiger partial charge on any atom is 0.275 e. The Morgan fingerprint density at radius 2 is 2.22 bits per heavy atom. The molecule has 96 valence electrons. The van der Waals surface area contributed by atoms with Crippen molar-refractivity contribution in [1.82, 2.24) is 5.32 Å². The highest BCUT2D eigenvalue weighted by Gasteiger charge is 2.20. The summed E-state index contributed by atoms with van der Waals surface area (Å²) in [6, 6.07) is 6.09. The first-order chi connectivity index (χ1) is 8.58. The van der Waals surface area contributed by atoms with E-state index in [2.05, 4.69) is 24.0 Å². The Morgan fingerprint density at radius 1 is 1.44 bits per heavy atom. The van der Waals surface area contributed by atoms with Crippen LogP contribution in [0.5, 0.6) is 0 Å². The number of amides is 2. The number of carbonyl (C=O) groups is 2. The molecule has 5 heteroatoms. The molecule has 0 atom stereocenters. The third kappa shape index (κ3) is 2.85. The first kappa shape index (κ1) is 13.0. The van der Waals surface area contributed by atoms with Gasteiger partial charge >= 0.3 is 0 Å². The zero-order valence-electron chi connectivity index (χ0n) is 10.3. The van der Waals surface area contributed by atoms with E-state index in [9.17, 15) is 9.59 Å². The SMILES string of the molecule is CN1C(=O)CCc2cc(CCNC(=O)S)ccc21. The summed E-state index contributed by atoms with van der Waals surface area (Å²) in [5.74, 6) is 0.164. The second-order valence-corrected chi connectivity index (χ2v) is 4.80. The molecule has 0 spiro atoms. The van der Waals surface area contributed by atoms with E-state index >= 15 is 0 Å². The summed E-state index contributed by atoms with van der Waals surface area (Å²) < 4.78 is 0. The van der Waals surface area contributed by atoms with E-state index in [1.807, 2.05) is 12.1 Å². The van der Waals surface area contributed by atoms with E-state index < -0.39 is 0 Å². The summed E-state index contributed by atoms with van der Waals surface area (Å²) in [6.45, 7) is 0.579. The number of nitrogens with zero attached hydrogens (tertiary/aromatic N) is 1. The molecule has 0 saturated carbocycles. The molecule has 2 rings (SSSR count). The molecule has 1 heterocycles. The normalized spacial score (nSPS) is 14.3. The van der Waals surface area contributed by atoms with Crippen LogP contribution in [0, 0.1) is 0 Å². The molecule has 4 nitrogen and oxygen atoms in total. The Balaban J connectivity index is 2.08. The van der Waals surface area contributed by atoms with Crippen LogP contribution in [0.15, 0.2) is 18.2 Å². The van der Waals surface area contributed by atoms with Crippen molar-refractivity contribution in [1.29, 1.82) is 0 Å². The lowest BCUT2D eigenvalue weighted by Gasteiger charge is -2.26. The van der Waals surface area contributed by atoms with Crippen LogP contribution >= 0.6 is 12.6 Å². The highest BCUT2D eigenvalue weighted by atomic mass is 32.1. The standard InChI is InChI=1S/C13H16N2O2S/c1-15-11-4-2-9(6-7-14-13(17)18)8-10(11)3-5-12(15)16/h2,4,8H,3,5-7H2,1H3,(H2,14,17,18). The van der Waals surface area contributed by atoms with Crippen molar-refractivity contribution >= 4 is 29.5 Å². The fourth-order valence-electron chi connectivity index (χ4n) is 2.18. The molecule has 0 bridgehead atoms. The molecule has 0 unspecified atom stereocenters. The molecule has 1 N–H and O–H groups in total. The monoisotopic (exact) mass is 264 g/mol. The minimum absolute atomic E-state index is 0.164. The summed E-state index contributed by atoms with van der Waals surface area (Å²) in [5, 5.41) is 2.34. The number of fused-ring (bicyclic) bond motifs is 1. The van der Waals surface area contributed by atoms with Gasteiger partial charge in [-0.2, -0.15) is 0 Å². The largest absolute Gasteiger partial charge is 0.347 e. The number of nitrogens with one attached hydrogen (secondary N) is 1. The van der Waals surface area contributed by atoms with Crippen molar-refractivity contribution in [3.63, 3.8) is 0 Å². The molecule has 1 aliphatic heterocycles. The molecule has 1 aromatic carbocycles. The van der Waals surface area contributed by atoms with Crippen molar-refractivity contribution < 1.29 is 9.59 Å². The molecule has 0 radical (unpaired) electrons. The van der Waals surface area contributed by atoms with Gasteiger partial charge in [0.1, 0.15) is 0 Å². The quantitative estimate of drug-likeness (QED) is 0.818. The van der Waals surface area contributed by atoms with E-state index in [-0.39, 0.29) is 11.1 Å². The number of rotatable bonds is 3. The smallest absolute Gasteiger partial charge is 0.275 e. The van der Waals surface area contributed by atoms with Crippen molar-refractivity contribution in [2.75, 3.05) is 18.5 Å². The predicted molar refractivity (Wildman–Crippen MR) is 74.3 cm³/mol. The second kappa shape index (κ2) is 5.44. The lowest BCUT2D eigenvalue weighted by atomic mass is 9.98. The molecular weight excluding hydrogens is 248 g/mol. The Hall–Kier alpha value is -1.49. The number of carbonyl (C=O) groups excluding carboxylic acids is 2. The Kier molecular flexibility index (Phi) is 3.91. The third-order valence-corrected chi connectivity index (χ3v) is 3.34. The minimum atomic E-state index is -0.307. The zero-order valence-corrected chi connectivity index (χ0v) is 11.2. The average molecular weight is 264 g/mol. The number of hydrogen-bond acceptors (Lipinski definition) is 2. The van der Waals surface area contributed by atoms with Crippen LogP contribution < -0.4 is 10.2 Å². The first-order valence-corrected chi connectivity index (χ1v) is 6.38. The molecule has 18 heavy (non-hydrogen) atoms. The van der Waals surface area contributed by atoms with E-state index in [0.29, 0.717) is 13.0 Å². The summed E-state index contributed by atoms with van der Waals surface area (Å²) in [6.07, 6.45) is 2.14. The van der Waals surface area contributed by atoms with Gasteiger partial charge in [0, 0.05) is 25.7 Å². The first-order valence-electron chi connectivity index (χ1n) is 5.93. The topological polar surface area (TPSA) is 49.4 Å². The van der Waals surface area contributed by atoms with Crippen LogP contribution in [0.1, 0.15) is 17.5 Å².